The molecule has 110 valence electrons. The molecule has 1 aromatic heterocycles. The minimum atomic E-state index is -0.104. The maximum Gasteiger partial charge on any atom is 0.264 e. The Hall–Kier alpha value is -0.920. The van der Waals surface area contributed by atoms with Crippen LogP contribution >= 0.6 is 27.3 Å². The van der Waals surface area contributed by atoms with E-state index < -0.39 is 0 Å². The van der Waals surface area contributed by atoms with E-state index in [1.165, 1.54) is 16.2 Å². The van der Waals surface area contributed by atoms with Crippen molar-refractivity contribution in [3.8, 4) is 0 Å². The molecule has 0 aliphatic carbocycles. The Balaban J connectivity index is 1.95. The Morgan fingerprint density at radius 3 is 2.65 bits per heavy atom. The van der Waals surface area contributed by atoms with Crippen LogP contribution in [-0.4, -0.2) is 61.4 Å². The Bertz CT molecular complexity index is 492. The molecule has 20 heavy (non-hydrogen) atoms. The molecule has 2 amide bonds. The van der Waals surface area contributed by atoms with Gasteiger partial charge in [-0.2, -0.15) is 0 Å². The molecule has 0 bridgehead atoms. The molecule has 7 heteroatoms. The highest BCUT2D eigenvalue weighted by atomic mass is 79.9. The molecule has 1 fully saturated rings. The van der Waals surface area contributed by atoms with Crippen LogP contribution in [0.4, 0.5) is 0 Å². The fourth-order valence-electron chi connectivity index (χ4n) is 2.04. The van der Waals surface area contributed by atoms with E-state index in [-0.39, 0.29) is 18.4 Å². The summed E-state index contributed by atoms with van der Waals surface area (Å²) in [4.78, 5) is 28.3. The number of carbonyl (C=O) groups is 2. The van der Waals surface area contributed by atoms with Crippen LogP contribution in [0.3, 0.4) is 0 Å². The highest BCUT2D eigenvalue weighted by Gasteiger charge is 2.22. The van der Waals surface area contributed by atoms with Crippen LogP contribution in [0.2, 0.25) is 0 Å². The molecule has 5 nitrogen and oxygen atoms in total. The lowest BCUT2D eigenvalue weighted by molar-refractivity contribution is -0.132. The lowest BCUT2D eigenvalue weighted by atomic mass is 10.3. The fourth-order valence-corrected chi connectivity index (χ4v) is 3.57. The molecule has 1 saturated heterocycles. The quantitative estimate of drug-likeness (QED) is 0.885. The molecule has 1 aromatic rings. The van der Waals surface area contributed by atoms with E-state index in [9.17, 15) is 9.59 Å². The van der Waals surface area contributed by atoms with Crippen molar-refractivity contribution >= 4 is 39.1 Å². The summed E-state index contributed by atoms with van der Waals surface area (Å²) in [5.41, 5.74) is 1.04. The first-order chi connectivity index (χ1) is 9.49. The number of amides is 2. The standard InChI is InChI=1S/C13H18BrN3O2S/c1-9-7-10(20-12(9)14)13(19)16(2)8-11(18)17-5-3-15-4-6-17/h7,15H,3-6,8H2,1-2H3. The Labute approximate surface area is 131 Å². The number of nitrogens with zero attached hydrogens (tertiary/aromatic N) is 2. The second kappa shape index (κ2) is 6.69. The number of rotatable bonds is 3. The number of halogens is 1. The number of aryl methyl sites for hydroxylation is 1. The second-order valence-corrected chi connectivity index (χ2v) is 7.23. The van der Waals surface area contributed by atoms with Crippen LogP contribution < -0.4 is 5.32 Å². The van der Waals surface area contributed by atoms with Gasteiger partial charge in [-0.3, -0.25) is 9.59 Å². The third-order valence-electron chi connectivity index (χ3n) is 3.26. The first-order valence-electron chi connectivity index (χ1n) is 6.49. The number of carbonyl (C=O) groups excluding carboxylic acids is 2. The molecule has 1 aliphatic rings. The van der Waals surface area contributed by atoms with E-state index in [0.29, 0.717) is 18.0 Å². The van der Waals surface area contributed by atoms with Crippen LogP contribution in [-0.2, 0) is 4.79 Å². The van der Waals surface area contributed by atoms with Gasteiger partial charge in [0.2, 0.25) is 5.91 Å². The van der Waals surface area contributed by atoms with Crippen molar-refractivity contribution in [1.82, 2.24) is 15.1 Å². The van der Waals surface area contributed by atoms with Gasteiger partial charge < -0.3 is 15.1 Å². The summed E-state index contributed by atoms with van der Waals surface area (Å²) < 4.78 is 0.961. The molecular formula is C13H18BrN3O2S. The van der Waals surface area contributed by atoms with Gasteiger partial charge in [0.05, 0.1) is 15.2 Å². The summed E-state index contributed by atoms with van der Waals surface area (Å²) in [5.74, 6) is -0.0954. The third-order valence-corrected chi connectivity index (χ3v) is 5.38. The molecule has 0 aromatic carbocycles. The van der Waals surface area contributed by atoms with Gasteiger partial charge in [0.15, 0.2) is 0 Å². The smallest absolute Gasteiger partial charge is 0.264 e. The molecule has 0 atom stereocenters. The van der Waals surface area contributed by atoms with E-state index in [1.807, 2.05) is 13.0 Å². The first kappa shape index (κ1) is 15.5. The normalized spacial score (nSPS) is 15.2. The van der Waals surface area contributed by atoms with Gasteiger partial charge >= 0.3 is 0 Å². The Morgan fingerprint density at radius 1 is 1.45 bits per heavy atom. The van der Waals surface area contributed by atoms with Gasteiger partial charge in [-0.15, -0.1) is 11.3 Å². The van der Waals surface area contributed by atoms with E-state index in [0.717, 1.165) is 22.4 Å². The maximum atomic E-state index is 12.3. The number of thiophene rings is 1. The highest BCUT2D eigenvalue weighted by molar-refractivity contribution is 9.11. The summed E-state index contributed by atoms with van der Waals surface area (Å²) in [5, 5.41) is 3.20. The summed E-state index contributed by atoms with van der Waals surface area (Å²) in [6.45, 7) is 5.15. The van der Waals surface area contributed by atoms with Gasteiger partial charge in [0, 0.05) is 33.2 Å². The molecule has 0 spiro atoms. The number of piperazine rings is 1. The van der Waals surface area contributed by atoms with Crippen LogP contribution in [0.5, 0.6) is 0 Å². The van der Waals surface area contributed by atoms with Crippen molar-refractivity contribution in [3.05, 3.63) is 20.3 Å². The first-order valence-corrected chi connectivity index (χ1v) is 8.10. The molecule has 0 saturated carbocycles. The Morgan fingerprint density at radius 2 is 2.10 bits per heavy atom. The summed E-state index contributed by atoms with van der Waals surface area (Å²) in [6, 6.07) is 1.85. The summed E-state index contributed by atoms with van der Waals surface area (Å²) >= 11 is 4.82. The Kier molecular flexibility index (Phi) is 5.17. The third kappa shape index (κ3) is 3.59. The van der Waals surface area contributed by atoms with Gasteiger partial charge in [0.25, 0.3) is 5.91 Å². The SMILES string of the molecule is Cc1cc(C(=O)N(C)CC(=O)N2CCNCC2)sc1Br. The van der Waals surface area contributed by atoms with Crippen molar-refractivity contribution in [2.75, 3.05) is 39.8 Å². The highest BCUT2D eigenvalue weighted by Crippen LogP contribution is 2.28. The summed E-state index contributed by atoms with van der Waals surface area (Å²) in [7, 11) is 1.67. The molecule has 2 heterocycles. The second-order valence-electron chi connectivity index (χ2n) is 4.86. The molecule has 1 aliphatic heterocycles. The van der Waals surface area contributed by atoms with Crippen LogP contribution in [0, 0.1) is 6.92 Å². The molecule has 0 unspecified atom stereocenters. The average Bonchev–Trinajstić information content (AvgIpc) is 2.78. The van der Waals surface area contributed by atoms with Gasteiger partial charge in [0.1, 0.15) is 0 Å². The predicted octanol–water partition coefficient (Wildman–Crippen LogP) is 1.32. The number of hydrogen-bond donors (Lipinski definition) is 1. The van der Waals surface area contributed by atoms with Crippen molar-refractivity contribution in [3.63, 3.8) is 0 Å². The largest absolute Gasteiger partial charge is 0.339 e. The van der Waals surface area contributed by atoms with Gasteiger partial charge in [-0.25, -0.2) is 0 Å². The van der Waals surface area contributed by atoms with Crippen molar-refractivity contribution in [1.29, 1.82) is 0 Å². The van der Waals surface area contributed by atoms with Crippen molar-refractivity contribution in [2.24, 2.45) is 0 Å². The lowest BCUT2D eigenvalue weighted by Crippen LogP contribution is -2.49. The van der Waals surface area contributed by atoms with E-state index >= 15 is 0 Å². The van der Waals surface area contributed by atoms with Crippen molar-refractivity contribution in [2.45, 2.75) is 6.92 Å². The predicted molar refractivity (Wildman–Crippen MR) is 83.2 cm³/mol. The van der Waals surface area contributed by atoms with Crippen LogP contribution in [0.1, 0.15) is 15.2 Å². The number of likely N-dealkylation sites (N-methyl/N-ethyl adjacent to an activating group) is 1. The van der Waals surface area contributed by atoms with Crippen LogP contribution in [0.25, 0.3) is 0 Å². The monoisotopic (exact) mass is 359 g/mol. The van der Waals surface area contributed by atoms with Crippen LogP contribution in [0.15, 0.2) is 9.85 Å². The minimum absolute atomic E-state index is 0.00898. The molecule has 2 rings (SSSR count). The molecule has 1 N–H and O–H groups in total. The zero-order chi connectivity index (χ0) is 14.7. The summed E-state index contributed by atoms with van der Waals surface area (Å²) in [6.07, 6.45) is 0. The lowest BCUT2D eigenvalue weighted by Gasteiger charge is -2.29. The number of hydrogen-bond acceptors (Lipinski definition) is 4. The minimum Gasteiger partial charge on any atom is -0.339 e. The van der Waals surface area contributed by atoms with Gasteiger partial charge in [-0.05, 0) is 34.5 Å². The molecule has 0 radical (unpaired) electrons. The zero-order valence-electron chi connectivity index (χ0n) is 11.6. The fraction of sp³-hybridized carbons (Fsp3) is 0.538. The van der Waals surface area contributed by atoms with Crippen molar-refractivity contribution < 1.29 is 9.59 Å². The maximum absolute atomic E-state index is 12.3. The van der Waals surface area contributed by atoms with E-state index in [4.69, 9.17) is 0 Å². The number of nitrogens with one attached hydrogen (secondary N) is 1. The average molecular weight is 360 g/mol. The van der Waals surface area contributed by atoms with E-state index in [2.05, 4.69) is 21.2 Å². The zero-order valence-corrected chi connectivity index (χ0v) is 14.0. The topological polar surface area (TPSA) is 52.7 Å². The van der Waals surface area contributed by atoms with E-state index in [1.54, 1.807) is 11.9 Å². The molecular weight excluding hydrogens is 342 g/mol. The van der Waals surface area contributed by atoms with Gasteiger partial charge in [-0.1, -0.05) is 0 Å².